The summed E-state index contributed by atoms with van der Waals surface area (Å²) < 4.78 is 5.55. The Morgan fingerprint density at radius 1 is 1.00 bits per heavy atom. The number of carboxylic acids is 1. The average Bonchev–Trinajstić information content (AvgIpc) is 3.45. The van der Waals surface area contributed by atoms with Crippen LogP contribution in [-0.4, -0.2) is 52.2 Å². The number of aliphatic carboxylic acids is 1. The van der Waals surface area contributed by atoms with Gasteiger partial charge in [-0.2, -0.15) is 0 Å². The number of nitrogens with zero attached hydrogens (tertiary/aromatic N) is 2. The SMILES string of the molecule is O=C(O)C[C@@H]1CCCN1C(=O)c1ccc(NC(=O)OCC2c3ccccc3-c3ccccc32)cn1. The molecule has 0 bridgehead atoms. The van der Waals surface area contributed by atoms with Crippen LogP contribution in [0.1, 0.15) is 46.8 Å². The van der Waals surface area contributed by atoms with Crippen molar-refractivity contribution in [1.82, 2.24) is 9.88 Å². The van der Waals surface area contributed by atoms with Crippen molar-refractivity contribution in [3.05, 3.63) is 83.7 Å². The maximum absolute atomic E-state index is 12.8. The number of rotatable bonds is 6. The van der Waals surface area contributed by atoms with Crippen LogP contribution in [0.2, 0.25) is 0 Å². The molecule has 1 aromatic heterocycles. The van der Waals surface area contributed by atoms with Crippen molar-refractivity contribution in [3.8, 4) is 11.1 Å². The number of nitrogens with one attached hydrogen (secondary N) is 1. The number of benzene rings is 2. The zero-order valence-corrected chi connectivity index (χ0v) is 19.0. The van der Waals surface area contributed by atoms with Gasteiger partial charge in [0.05, 0.1) is 18.3 Å². The largest absolute Gasteiger partial charge is 0.481 e. The molecule has 2 N–H and O–H groups in total. The lowest BCUT2D eigenvalue weighted by Crippen LogP contribution is -2.37. The molecule has 178 valence electrons. The molecule has 1 saturated heterocycles. The Labute approximate surface area is 202 Å². The fourth-order valence-corrected chi connectivity index (χ4v) is 5.01. The first-order valence-corrected chi connectivity index (χ1v) is 11.6. The molecule has 1 aliphatic carbocycles. The Morgan fingerprint density at radius 2 is 1.69 bits per heavy atom. The van der Waals surface area contributed by atoms with Crippen LogP contribution in [0.4, 0.5) is 10.5 Å². The van der Waals surface area contributed by atoms with E-state index in [-0.39, 0.29) is 36.6 Å². The molecule has 1 atom stereocenters. The van der Waals surface area contributed by atoms with Crippen LogP contribution in [0.5, 0.6) is 0 Å². The summed E-state index contributed by atoms with van der Waals surface area (Å²) in [5.41, 5.74) is 5.20. The number of likely N-dealkylation sites (tertiary alicyclic amines) is 1. The van der Waals surface area contributed by atoms with Crippen LogP contribution in [-0.2, 0) is 9.53 Å². The van der Waals surface area contributed by atoms with Crippen molar-refractivity contribution in [2.45, 2.75) is 31.2 Å². The average molecular weight is 472 g/mol. The molecule has 0 unspecified atom stereocenters. The van der Waals surface area contributed by atoms with E-state index in [2.05, 4.69) is 34.6 Å². The molecular formula is C27H25N3O5. The second-order valence-corrected chi connectivity index (χ2v) is 8.78. The van der Waals surface area contributed by atoms with Gasteiger partial charge in [-0.05, 0) is 47.2 Å². The summed E-state index contributed by atoms with van der Waals surface area (Å²) in [4.78, 5) is 42.1. The second-order valence-electron chi connectivity index (χ2n) is 8.78. The summed E-state index contributed by atoms with van der Waals surface area (Å²) in [5, 5.41) is 11.7. The van der Waals surface area contributed by atoms with Gasteiger partial charge in [-0.1, -0.05) is 48.5 Å². The minimum absolute atomic E-state index is 0.0366. The van der Waals surface area contributed by atoms with Crippen LogP contribution >= 0.6 is 0 Å². The van der Waals surface area contributed by atoms with Crippen LogP contribution in [0, 0.1) is 0 Å². The molecule has 5 rings (SSSR count). The molecule has 2 heterocycles. The number of anilines is 1. The second kappa shape index (κ2) is 9.58. The summed E-state index contributed by atoms with van der Waals surface area (Å²) >= 11 is 0. The lowest BCUT2D eigenvalue weighted by molar-refractivity contribution is -0.137. The number of aromatic nitrogens is 1. The molecule has 0 radical (unpaired) electrons. The molecule has 2 aromatic carbocycles. The van der Waals surface area contributed by atoms with E-state index in [1.165, 1.54) is 12.3 Å². The van der Waals surface area contributed by atoms with E-state index in [9.17, 15) is 14.4 Å². The Morgan fingerprint density at radius 3 is 2.31 bits per heavy atom. The number of ether oxygens (including phenoxy) is 1. The molecule has 2 amide bonds. The highest BCUT2D eigenvalue weighted by molar-refractivity contribution is 5.93. The monoisotopic (exact) mass is 471 g/mol. The van der Waals surface area contributed by atoms with E-state index in [1.54, 1.807) is 11.0 Å². The molecule has 2 aliphatic rings. The molecule has 8 heteroatoms. The van der Waals surface area contributed by atoms with Crippen molar-refractivity contribution in [2.24, 2.45) is 0 Å². The van der Waals surface area contributed by atoms with Gasteiger partial charge in [0.1, 0.15) is 12.3 Å². The maximum Gasteiger partial charge on any atom is 0.411 e. The third-order valence-electron chi connectivity index (χ3n) is 6.62. The van der Waals surface area contributed by atoms with Gasteiger partial charge in [0.15, 0.2) is 0 Å². The van der Waals surface area contributed by atoms with Crippen molar-refractivity contribution in [3.63, 3.8) is 0 Å². The van der Waals surface area contributed by atoms with Gasteiger partial charge in [-0.15, -0.1) is 0 Å². The number of amides is 2. The van der Waals surface area contributed by atoms with Gasteiger partial charge in [0, 0.05) is 18.5 Å². The predicted molar refractivity (Wildman–Crippen MR) is 129 cm³/mol. The highest BCUT2D eigenvalue weighted by Gasteiger charge is 2.32. The molecule has 1 aliphatic heterocycles. The normalized spacial score (nSPS) is 16.5. The Bertz CT molecular complexity index is 1230. The van der Waals surface area contributed by atoms with E-state index >= 15 is 0 Å². The minimum Gasteiger partial charge on any atom is -0.481 e. The number of fused-ring (bicyclic) bond motifs is 3. The Hall–Kier alpha value is -4.20. The fraction of sp³-hybridized carbons (Fsp3) is 0.259. The molecule has 0 spiro atoms. The first-order chi connectivity index (χ1) is 17.0. The predicted octanol–water partition coefficient (Wildman–Crippen LogP) is 4.52. The molecule has 0 saturated carbocycles. The third-order valence-corrected chi connectivity index (χ3v) is 6.62. The quantitative estimate of drug-likeness (QED) is 0.547. The zero-order chi connectivity index (χ0) is 24.4. The first-order valence-electron chi connectivity index (χ1n) is 11.6. The van der Waals surface area contributed by atoms with Crippen LogP contribution < -0.4 is 5.32 Å². The molecule has 8 nitrogen and oxygen atoms in total. The van der Waals surface area contributed by atoms with Gasteiger partial charge in [0.2, 0.25) is 0 Å². The van der Waals surface area contributed by atoms with Gasteiger partial charge in [-0.3, -0.25) is 14.9 Å². The number of pyridine rings is 1. The molecule has 35 heavy (non-hydrogen) atoms. The zero-order valence-electron chi connectivity index (χ0n) is 19.0. The van der Waals surface area contributed by atoms with Gasteiger partial charge in [-0.25, -0.2) is 9.78 Å². The molecule has 3 aromatic rings. The third kappa shape index (κ3) is 4.59. The molecule has 1 fully saturated rings. The van der Waals surface area contributed by atoms with Crippen molar-refractivity contribution < 1.29 is 24.2 Å². The van der Waals surface area contributed by atoms with Gasteiger partial charge < -0.3 is 14.7 Å². The van der Waals surface area contributed by atoms with Crippen LogP contribution in [0.3, 0.4) is 0 Å². The highest BCUT2D eigenvalue weighted by atomic mass is 16.5. The van der Waals surface area contributed by atoms with Crippen molar-refractivity contribution >= 4 is 23.7 Å². The number of carboxylic acid groups (broad SMARTS) is 1. The summed E-state index contributed by atoms with van der Waals surface area (Å²) in [7, 11) is 0. The summed E-state index contributed by atoms with van der Waals surface area (Å²) in [6.45, 7) is 0.710. The van der Waals surface area contributed by atoms with Crippen LogP contribution in [0.15, 0.2) is 66.9 Å². The topological polar surface area (TPSA) is 109 Å². The molecular weight excluding hydrogens is 446 g/mol. The van der Waals surface area contributed by atoms with E-state index in [4.69, 9.17) is 9.84 Å². The summed E-state index contributed by atoms with van der Waals surface area (Å²) in [6, 6.07) is 19.0. The Kier molecular flexibility index (Phi) is 6.18. The van der Waals surface area contributed by atoms with Gasteiger partial charge >= 0.3 is 12.1 Å². The number of carbonyl (C=O) groups excluding carboxylic acids is 2. The van der Waals surface area contributed by atoms with E-state index in [0.717, 1.165) is 28.7 Å². The highest BCUT2D eigenvalue weighted by Crippen LogP contribution is 2.44. The summed E-state index contributed by atoms with van der Waals surface area (Å²) in [5.74, 6) is -1.27. The maximum atomic E-state index is 12.8. The smallest absolute Gasteiger partial charge is 0.411 e. The van der Waals surface area contributed by atoms with E-state index < -0.39 is 12.1 Å². The number of carbonyl (C=O) groups is 3. The van der Waals surface area contributed by atoms with Crippen molar-refractivity contribution in [1.29, 1.82) is 0 Å². The minimum atomic E-state index is -0.926. The van der Waals surface area contributed by atoms with E-state index in [1.807, 2.05) is 24.3 Å². The fourth-order valence-electron chi connectivity index (χ4n) is 5.01. The van der Waals surface area contributed by atoms with E-state index in [0.29, 0.717) is 18.7 Å². The van der Waals surface area contributed by atoms with Crippen LogP contribution in [0.25, 0.3) is 11.1 Å². The lowest BCUT2D eigenvalue weighted by atomic mass is 9.98. The Balaban J connectivity index is 1.20. The lowest BCUT2D eigenvalue weighted by Gasteiger charge is -2.23. The van der Waals surface area contributed by atoms with Crippen molar-refractivity contribution in [2.75, 3.05) is 18.5 Å². The first kappa shape index (κ1) is 22.6. The number of hydrogen-bond donors (Lipinski definition) is 2. The standard InChI is InChI=1S/C27H25N3O5/c31-25(32)14-18-6-5-13-30(18)26(33)24-12-11-17(15-28-24)29-27(34)35-16-23-21-9-3-1-7-19(21)20-8-2-4-10-22(20)23/h1-4,7-12,15,18,23H,5-6,13-14,16H2,(H,29,34)(H,31,32)/t18-/m0/s1. The van der Waals surface area contributed by atoms with Gasteiger partial charge in [0.25, 0.3) is 5.91 Å². The summed E-state index contributed by atoms with van der Waals surface area (Å²) in [6.07, 6.45) is 2.16. The number of hydrogen-bond acceptors (Lipinski definition) is 5.